The lowest BCUT2D eigenvalue weighted by Crippen LogP contribution is -2.65. The minimum absolute atomic E-state index is 0.0192. The summed E-state index contributed by atoms with van der Waals surface area (Å²) in [5, 5.41) is 37.2. The summed E-state index contributed by atoms with van der Waals surface area (Å²) in [5.41, 5.74) is 1.93. The molecule has 9 heteroatoms. The number of aromatic amines is 1. The lowest BCUT2D eigenvalue weighted by molar-refractivity contribution is -0.946. The first-order valence-electron chi connectivity index (χ1n) is 18.9. The average molecular weight is 697 g/mol. The van der Waals surface area contributed by atoms with Gasteiger partial charge in [0.2, 0.25) is 5.56 Å². The van der Waals surface area contributed by atoms with E-state index in [0.717, 1.165) is 48.1 Å². The predicted octanol–water partition coefficient (Wildman–Crippen LogP) is 5.57. The quantitative estimate of drug-likeness (QED) is 0.103. The van der Waals surface area contributed by atoms with E-state index < -0.39 is 11.7 Å². The van der Waals surface area contributed by atoms with E-state index in [-0.39, 0.29) is 29.4 Å². The number of aliphatic hydroxyl groups is 2. The fraction of sp³-hybridized carbons (Fsp3) is 0.500. The number of aromatic hydroxyl groups is 1. The molecule has 1 aromatic heterocycles. The zero-order chi connectivity index (χ0) is 35.4. The average Bonchev–Trinajstić information content (AvgIpc) is 3.71. The van der Waals surface area contributed by atoms with E-state index in [0.29, 0.717) is 42.1 Å². The van der Waals surface area contributed by atoms with Crippen LogP contribution in [0.4, 0.5) is 0 Å². The van der Waals surface area contributed by atoms with Crippen molar-refractivity contribution in [2.24, 2.45) is 11.8 Å². The van der Waals surface area contributed by atoms with E-state index in [9.17, 15) is 20.1 Å². The molecule has 1 aliphatic carbocycles. The number of benzene rings is 3. The van der Waals surface area contributed by atoms with Crippen molar-refractivity contribution in [1.29, 1.82) is 0 Å². The summed E-state index contributed by atoms with van der Waals surface area (Å²) in [6.45, 7) is 7.73. The SMILES string of the molecule is C[C@H](Cc1ccc(OCC[N+]23CCC(CC2)[C@@H](OC[C@@](O)(c2ccccc2)C2CCCC2)C3)cc1)NC[C@H](O)c1ccc(O)c2[nH]c(=O)ccc12. The van der Waals surface area contributed by atoms with Crippen molar-refractivity contribution in [3.05, 3.63) is 106 Å². The fourth-order valence-corrected chi connectivity index (χ4v) is 9.00. The van der Waals surface area contributed by atoms with Crippen LogP contribution in [0, 0.1) is 11.8 Å². The number of quaternary nitrogens is 1. The molecule has 4 aromatic rings. The monoisotopic (exact) mass is 696 g/mol. The second-order valence-corrected chi connectivity index (χ2v) is 15.5. The van der Waals surface area contributed by atoms with Gasteiger partial charge in [-0.3, -0.25) is 4.79 Å². The number of hydrogen-bond acceptors (Lipinski definition) is 7. The van der Waals surface area contributed by atoms with Gasteiger partial charge in [-0.25, -0.2) is 0 Å². The summed E-state index contributed by atoms with van der Waals surface area (Å²) >= 11 is 0. The molecule has 4 atom stereocenters. The van der Waals surface area contributed by atoms with Gasteiger partial charge < -0.3 is 39.6 Å². The number of fused-ring (bicyclic) bond motifs is 4. The van der Waals surface area contributed by atoms with Gasteiger partial charge in [0.1, 0.15) is 42.9 Å². The number of nitrogens with zero attached hydrogens (tertiary/aromatic N) is 1. The number of nitrogens with one attached hydrogen (secondary N) is 2. The fourth-order valence-electron chi connectivity index (χ4n) is 9.00. The van der Waals surface area contributed by atoms with Crippen molar-refractivity contribution in [3.8, 4) is 11.5 Å². The van der Waals surface area contributed by atoms with Crippen LogP contribution in [0.1, 0.15) is 68.2 Å². The molecule has 51 heavy (non-hydrogen) atoms. The highest BCUT2D eigenvalue weighted by atomic mass is 16.5. The standard InChI is InChI=1S/C42H53N3O6/c1-29(43-26-38(47)35-15-17-37(46)41-36(35)16-18-40(48)44-41)25-30-11-13-34(14-12-30)50-24-23-45-21-19-31(20-22-45)39(27-45)51-28-42(49,33-9-5-6-10-33)32-7-3-2-4-8-32/h2-4,7-8,11-18,29,31,33,38-39,43,47,49H,5-6,9-10,19-28H2,1H3,(H-,44,46,48)/p+1/t29-,31?,38+,39+,42-,45?/m1/s1. The summed E-state index contributed by atoms with van der Waals surface area (Å²) in [7, 11) is 0. The second kappa shape index (κ2) is 15.5. The maximum atomic E-state index is 12.0. The van der Waals surface area contributed by atoms with Crippen molar-refractivity contribution < 1.29 is 29.3 Å². The van der Waals surface area contributed by atoms with Crippen LogP contribution in [0.2, 0.25) is 0 Å². The highest BCUT2D eigenvalue weighted by Gasteiger charge is 2.48. The molecule has 4 aliphatic rings. The van der Waals surface area contributed by atoms with Crippen LogP contribution in [0.5, 0.6) is 11.5 Å². The molecular formula is C42H54N3O6+. The van der Waals surface area contributed by atoms with Crippen molar-refractivity contribution in [2.45, 2.75) is 75.7 Å². The number of piperidine rings is 3. The lowest BCUT2D eigenvalue weighted by atomic mass is 9.80. The molecule has 2 bridgehead atoms. The molecular weight excluding hydrogens is 642 g/mol. The first-order valence-corrected chi connectivity index (χ1v) is 18.9. The molecule has 0 amide bonds. The highest BCUT2D eigenvalue weighted by Crippen LogP contribution is 2.42. The molecule has 1 saturated carbocycles. The van der Waals surface area contributed by atoms with Crippen molar-refractivity contribution in [1.82, 2.24) is 10.3 Å². The highest BCUT2D eigenvalue weighted by molar-refractivity contribution is 5.87. The summed E-state index contributed by atoms with van der Waals surface area (Å²) < 4.78 is 14.0. The molecule has 3 aliphatic heterocycles. The molecule has 3 aromatic carbocycles. The molecule has 4 heterocycles. The number of rotatable bonds is 15. The first-order chi connectivity index (χ1) is 24.7. The van der Waals surface area contributed by atoms with Crippen molar-refractivity contribution >= 4 is 10.9 Å². The minimum Gasteiger partial charge on any atom is -0.506 e. The van der Waals surface area contributed by atoms with Gasteiger partial charge in [-0.2, -0.15) is 0 Å². The molecule has 0 unspecified atom stereocenters. The third-order valence-corrected chi connectivity index (χ3v) is 12.1. The van der Waals surface area contributed by atoms with E-state index in [1.54, 1.807) is 12.1 Å². The Morgan fingerprint density at radius 2 is 1.71 bits per heavy atom. The Balaban J connectivity index is 0.878. The van der Waals surface area contributed by atoms with E-state index in [4.69, 9.17) is 9.47 Å². The number of aromatic nitrogens is 1. The molecule has 4 fully saturated rings. The van der Waals surface area contributed by atoms with Crippen LogP contribution in [-0.4, -0.2) is 82.9 Å². The summed E-state index contributed by atoms with van der Waals surface area (Å²) in [6, 6.07) is 24.8. The Bertz CT molecular complexity index is 1800. The number of hydrogen-bond donors (Lipinski definition) is 5. The van der Waals surface area contributed by atoms with Crippen LogP contribution < -0.4 is 15.6 Å². The van der Waals surface area contributed by atoms with E-state index in [2.05, 4.69) is 41.5 Å². The number of ether oxygens (including phenoxy) is 2. The van der Waals surface area contributed by atoms with Crippen LogP contribution in [0.3, 0.4) is 0 Å². The van der Waals surface area contributed by atoms with E-state index >= 15 is 0 Å². The van der Waals surface area contributed by atoms with Gasteiger partial charge in [-0.1, -0.05) is 61.4 Å². The molecule has 272 valence electrons. The van der Waals surface area contributed by atoms with Gasteiger partial charge in [-0.05, 0) is 73.1 Å². The van der Waals surface area contributed by atoms with Crippen LogP contribution in [-0.2, 0) is 16.8 Å². The molecule has 0 radical (unpaired) electrons. The largest absolute Gasteiger partial charge is 0.506 e. The van der Waals surface area contributed by atoms with E-state index in [1.165, 1.54) is 56.5 Å². The summed E-state index contributed by atoms with van der Waals surface area (Å²) in [4.78, 5) is 14.4. The van der Waals surface area contributed by atoms with Gasteiger partial charge in [0, 0.05) is 42.8 Å². The predicted molar refractivity (Wildman–Crippen MR) is 199 cm³/mol. The third-order valence-electron chi connectivity index (χ3n) is 12.1. The van der Waals surface area contributed by atoms with Gasteiger partial charge in [-0.15, -0.1) is 0 Å². The van der Waals surface area contributed by atoms with E-state index in [1.807, 2.05) is 30.3 Å². The second-order valence-electron chi connectivity index (χ2n) is 15.5. The topological polar surface area (TPSA) is 124 Å². The zero-order valence-electron chi connectivity index (χ0n) is 29.8. The molecule has 5 N–H and O–H groups in total. The number of H-pyrrole nitrogens is 1. The molecule has 3 saturated heterocycles. The van der Waals surface area contributed by atoms with Crippen molar-refractivity contribution in [3.63, 3.8) is 0 Å². The first kappa shape index (κ1) is 35.7. The van der Waals surface area contributed by atoms with Crippen LogP contribution in [0.15, 0.2) is 83.7 Å². The molecule has 9 nitrogen and oxygen atoms in total. The smallest absolute Gasteiger partial charge is 0.248 e. The van der Waals surface area contributed by atoms with Gasteiger partial charge in [0.15, 0.2) is 0 Å². The number of phenols is 1. The zero-order valence-corrected chi connectivity index (χ0v) is 29.8. The Kier molecular flexibility index (Phi) is 10.8. The number of pyridine rings is 1. The summed E-state index contributed by atoms with van der Waals surface area (Å²) in [5.74, 6) is 1.68. The Labute approximate surface area is 300 Å². The maximum absolute atomic E-state index is 12.0. The van der Waals surface area contributed by atoms with Gasteiger partial charge in [0.25, 0.3) is 0 Å². The molecule has 0 spiro atoms. The Hall–Kier alpha value is -3.73. The number of phenolic OH excluding ortho intramolecular Hbond substituents is 1. The van der Waals surface area contributed by atoms with Crippen LogP contribution in [0.25, 0.3) is 10.9 Å². The maximum Gasteiger partial charge on any atom is 0.248 e. The minimum atomic E-state index is -0.925. The van der Waals surface area contributed by atoms with Gasteiger partial charge >= 0.3 is 0 Å². The summed E-state index contributed by atoms with van der Waals surface area (Å²) in [6.07, 6.45) is 6.99. The normalized spacial score (nSPS) is 24.4. The van der Waals surface area contributed by atoms with Crippen LogP contribution >= 0.6 is 0 Å². The number of aliphatic hydroxyl groups excluding tert-OH is 1. The van der Waals surface area contributed by atoms with Crippen molar-refractivity contribution in [2.75, 3.05) is 45.9 Å². The lowest BCUT2D eigenvalue weighted by Gasteiger charge is -2.52. The Morgan fingerprint density at radius 1 is 0.961 bits per heavy atom. The third kappa shape index (κ3) is 8.03. The van der Waals surface area contributed by atoms with Gasteiger partial charge in [0.05, 0.1) is 31.3 Å². The molecule has 8 rings (SSSR count). The Morgan fingerprint density at radius 3 is 2.45 bits per heavy atom.